The van der Waals surface area contributed by atoms with Crippen LogP contribution < -0.4 is 10.6 Å². The number of carboxylic acids is 1. The Bertz CT molecular complexity index is 785. The maximum atomic E-state index is 12.2. The largest absolute Gasteiger partial charge is 0.508 e. The average Bonchev–Trinajstić information content (AvgIpc) is 2.57. The summed E-state index contributed by atoms with van der Waals surface area (Å²) in [5, 5.41) is 23.7. The molecular formula is C19H20N2O5. The third kappa shape index (κ3) is 5.94. The Kier molecular flexibility index (Phi) is 6.32. The minimum atomic E-state index is -1.13. The van der Waals surface area contributed by atoms with E-state index in [-0.39, 0.29) is 24.5 Å². The van der Waals surface area contributed by atoms with Crippen molar-refractivity contribution in [1.29, 1.82) is 0 Å². The average molecular weight is 356 g/mol. The fourth-order valence-corrected chi connectivity index (χ4v) is 2.41. The van der Waals surface area contributed by atoms with Crippen molar-refractivity contribution in [3.05, 3.63) is 59.7 Å². The molecule has 2 rings (SSSR count). The van der Waals surface area contributed by atoms with Crippen LogP contribution in [0.4, 0.5) is 5.69 Å². The number of phenols is 1. The van der Waals surface area contributed by atoms with Crippen molar-refractivity contribution in [2.24, 2.45) is 0 Å². The molecule has 0 fully saturated rings. The van der Waals surface area contributed by atoms with Crippen molar-refractivity contribution < 1.29 is 24.6 Å². The van der Waals surface area contributed by atoms with Crippen LogP contribution >= 0.6 is 0 Å². The van der Waals surface area contributed by atoms with Crippen molar-refractivity contribution >= 4 is 23.5 Å². The smallest absolute Gasteiger partial charge is 0.326 e. The minimum Gasteiger partial charge on any atom is -0.508 e. The predicted octanol–water partition coefficient (Wildman–Crippen LogP) is 1.71. The maximum absolute atomic E-state index is 12.2. The molecule has 4 N–H and O–H groups in total. The molecule has 7 heteroatoms. The Balaban J connectivity index is 1.95. The number of rotatable bonds is 7. The summed E-state index contributed by atoms with van der Waals surface area (Å²) in [5.41, 5.74) is 2.01. The van der Waals surface area contributed by atoms with Crippen LogP contribution in [0.15, 0.2) is 48.5 Å². The molecule has 2 aromatic carbocycles. The fourth-order valence-electron chi connectivity index (χ4n) is 2.41. The van der Waals surface area contributed by atoms with Gasteiger partial charge in [-0.15, -0.1) is 0 Å². The zero-order valence-corrected chi connectivity index (χ0v) is 14.2. The SMILES string of the molecule is CC(=O)Nc1ccc(CC(=O)NC(Cc2ccc(O)cc2)C(=O)O)cc1. The van der Waals surface area contributed by atoms with Crippen molar-refractivity contribution in [3.8, 4) is 5.75 Å². The topological polar surface area (TPSA) is 116 Å². The van der Waals surface area contributed by atoms with E-state index in [2.05, 4.69) is 10.6 Å². The molecule has 1 atom stereocenters. The molecule has 0 aliphatic carbocycles. The van der Waals surface area contributed by atoms with Gasteiger partial charge in [0.25, 0.3) is 0 Å². The summed E-state index contributed by atoms with van der Waals surface area (Å²) in [6.45, 7) is 1.40. The fraction of sp³-hybridized carbons (Fsp3) is 0.211. The summed E-state index contributed by atoms with van der Waals surface area (Å²) >= 11 is 0. The highest BCUT2D eigenvalue weighted by atomic mass is 16.4. The van der Waals surface area contributed by atoms with Crippen LogP contribution in [0.2, 0.25) is 0 Å². The van der Waals surface area contributed by atoms with Gasteiger partial charge in [0.05, 0.1) is 6.42 Å². The number of carbonyl (C=O) groups excluding carboxylic acids is 2. The van der Waals surface area contributed by atoms with Crippen molar-refractivity contribution in [3.63, 3.8) is 0 Å². The van der Waals surface area contributed by atoms with E-state index in [0.29, 0.717) is 16.8 Å². The van der Waals surface area contributed by atoms with Gasteiger partial charge in [-0.2, -0.15) is 0 Å². The molecule has 136 valence electrons. The Labute approximate surface area is 150 Å². The van der Waals surface area contributed by atoms with Crippen molar-refractivity contribution in [1.82, 2.24) is 5.32 Å². The number of carbonyl (C=O) groups is 3. The minimum absolute atomic E-state index is 0.0275. The summed E-state index contributed by atoms with van der Waals surface area (Å²) < 4.78 is 0. The summed E-state index contributed by atoms with van der Waals surface area (Å²) in [6, 6.07) is 11.8. The maximum Gasteiger partial charge on any atom is 0.326 e. The molecular weight excluding hydrogens is 336 g/mol. The predicted molar refractivity (Wildman–Crippen MR) is 95.8 cm³/mol. The van der Waals surface area contributed by atoms with Gasteiger partial charge in [0.1, 0.15) is 11.8 Å². The number of aromatic hydroxyl groups is 1. The highest BCUT2D eigenvalue weighted by molar-refractivity contribution is 5.89. The number of nitrogens with one attached hydrogen (secondary N) is 2. The Hall–Kier alpha value is -3.35. The summed E-state index contributed by atoms with van der Waals surface area (Å²) in [7, 11) is 0. The van der Waals surface area contributed by atoms with E-state index in [1.54, 1.807) is 36.4 Å². The normalized spacial score (nSPS) is 11.4. The van der Waals surface area contributed by atoms with Gasteiger partial charge in [0.15, 0.2) is 0 Å². The molecule has 0 spiro atoms. The molecule has 0 aromatic heterocycles. The lowest BCUT2D eigenvalue weighted by molar-refractivity contribution is -0.141. The molecule has 0 aliphatic rings. The first-order valence-corrected chi connectivity index (χ1v) is 8.00. The molecule has 1 unspecified atom stereocenters. The first-order chi connectivity index (χ1) is 12.3. The molecule has 7 nitrogen and oxygen atoms in total. The third-order valence-corrected chi connectivity index (χ3v) is 3.65. The Morgan fingerprint density at radius 2 is 1.54 bits per heavy atom. The Morgan fingerprint density at radius 3 is 2.08 bits per heavy atom. The van der Waals surface area contributed by atoms with E-state index < -0.39 is 17.9 Å². The number of hydrogen-bond donors (Lipinski definition) is 4. The zero-order valence-electron chi connectivity index (χ0n) is 14.2. The third-order valence-electron chi connectivity index (χ3n) is 3.65. The van der Waals surface area contributed by atoms with Gasteiger partial charge in [-0.1, -0.05) is 24.3 Å². The van der Waals surface area contributed by atoms with Gasteiger partial charge in [-0.3, -0.25) is 9.59 Å². The first-order valence-electron chi connectivity index (χ1n) is 8.00. The second-order valence-electron chi connectivity index (χ2n) is 5.88. The van der Waals surface area contributed by atoms with Crippen LogP contribution in [-0.2, 0) is 27.2 Å². The van der Waals surface area contributed by atoms with E-state index in [1.165, 1.54) is 19.1 Å². The van der Waals surface area contributed by atoms with Gasteiger partial charge in [0.2, 0.25) is 11.8 Å². The molecule has 0 saturated carbocycles. The van der Waals surface area contributed by atoms with Crippen molar-refractivity contribution in [2.75, 3.05) is 5.32 Å². The molecule has 2 aromatic rings. The van der Waals surface area contributed by atoms with E-state index in [4.69, 9.17) is 0 Å². The highest BCUT2D eigenvalue weighted by Gasteiger charge is 2.20. The molecule has 0 saturated heterocycles. The van der Waals surface area contributed by atoms with Gasteiger partial charge in [-0.05, 0) is 35.4 Å². The molecule has 2 amide bonds. The number of hydrogen-bond acceptors (Lipinski definition) is 4. The van der Waals surface area contributed by atoms with Gasteiger partial charge in [-0.25, -0.2) is 4.79 Å². The van der Waals surface area contributed by atoms with Gasteiger partial charge >= 0.3 is 5.97 Å². The zero-order chi connectivity index (χ0) is 19.1. The van der Waals surface area contributed by atoms with Gasteiger partial charge in [0, 0.05) is 19.0 Å². The summed E-state index contributed by atoms with van der Waals surface area (Å²) in [6.07, 6.45) is 0.141. The lowest BCUT2D eigenvalue weighted by Gasteiger charge is -2.15. The molecule has 26 heavy (non-hydrogen) atoms. The second-order valence-corrected chi connectivity index (χ2v) is 5.88. The van der Waals surface area contributed by atoms with Crippen LogP contribution in [-0.4, -0.2) is 34.0 Å². The number of phenolic OH excluding ortho intramolecular Hbond substituents is 1. The van der Waals surface area contributed by atoms with Crippen LogP contribution in [0.3, 0.4) is 0 Å². The van der Waals surface area contributed by atoms with E-state index in [0.717, 1.165) is 0 Å². The highest BCUT2D eigenvalue weighted by Crippen LogP contribution is 2.12. The molecule has 0 radical (unpaired) electrons. The molecule has 0 bridgehead atoms. The quantitative estimate of drug-likeness (QED) is 0.603. The van der Waals surface area contributed by atoms with Crippen LogP contribution in [0, 0.1) is 0 Å². The number of amides is 2. The first kappa shape index (κ1) is 19.0. The van der Waals surface area contributed by atoms with Crippen molar-refractivity contribution in [2.45, 2.75) is 25.8 Å². The monoisotopic (exact) mass is 356 g/mol. The number of aliphatic carboxylic acids is 1. The standard InChI is InChI=1S/C19H20N2O5/c1-12(22)20-15-6-2-14(3-7-15)11-18(24)21-17(19(25)26)10-13-4-8-16(23)9-5-13/h2-9,17,23H,10-11H2,1H3,(H,20,22)(H,21,24)(H,25,26). The lowest BCUT2D eigenvalue weighted by atomic mass is 10.0. The van der Waals surface area contributed by atoms with E-state index >= 15 is 0 Å². The van der Waals surface area contributed by atoms with Crippen LogP contribution in [0.1, 0.15) is 18.1 Å². The Morgan fingerprint density at radius 1 is 0.962 bits per heavy atom. The summed E-state index contributed by atoms with van der Waals surface area (Å²) in [4.78, 5) is 34.5. The van der Waals surface area contributed by atoms with Gasteiger partial charge < -0.3 is 20.8 Å². The second kappa shape index (κ2) is 8.66. The molecule has 0 aliphatic heterocycles. The summed E-state index contributed by atoms with van der Waals surface area (Å²) in [5.74, 6) is -1.64. The van der Waals surface area contributed by atoms with E-state index in [1.807, 2.05) is 0 Å². The number of anilines is 1. The van der Waals surface area contributed by atoms with E-state index in [9.17, 15) is 24.6 Å². The lowest BCUT2D eigenvalue weighted by Crippen LogP contribution is -2.43. The van der Waals surface area contributed by atoms with Crippen LogP contribution in [0.25, 0.3) is 0 Å². The number of benzene rings is 2. The van der Waals surface area contributed by atoms with Crippen LogP contribution in [0.5, 0.6) is 5.75 Å². The molecule has 0 heterocycles. The number of carboxylic acid groups (broad SMARTS) is 1.